The molecule has 0 aromatic heterocycles. The van der Waals surface area contributed by atoms with Crippen molar-refractivity contribution in [2.24, 2.45) is 0 Å². The summed E-state index contributed by atoms with van der Waals surface area (Å²) in [6.45, 7) is 3.94. The monoisotopic (exact) mass is 230 g/mol. The first-order chi connectivity index (χ1) is 7.72. The molecular formula is C10H14O6. The van der Waals surface area contributed by atoms with Crippen LogP contribution in [0.25, 0.3) is 0 Å². The van der Waals surface area contributed by atoms with Crippen LogP contribution in [-0.2, 0) is 18.9 Å². The number of aliphatic hydroxyl groups excluding tert-OH is 1. The van der Waals surface area contributed by atoms with E-state index in [9.17, 15) is 9.90 Å². The summed E-state index contributed by atoms with van der Waals surface area (Å²) in [7, 11) is 0. The van der Waals surface area contributed by atoms with Crippen molar-refractivity contribution in [3.05, 3.63) is 12.7 Å². The highest BCUT2D eigenvalue weighted by atomic mass is 16.7. The molecule has 0 bridgehead atoms. The summed E-state index contributed by atoms with van der Waals surface area (Å²) in [4.78, 5) is 11.2. The van der Waals surface area contributed by atoms with Gasteiger partial charge in [-0.15, -0.1) is 0 Å². The predicted molar refractivity (Wildman–Crippen MR) is 51.9 cm³/mol. The van der Waals surface area contributed by atoms with Crippen LogP contribution in [0.2, 0.25) is 0 Å². The lowest BCUT2D eigenvalue weighted by Gasteiger charge is -2.15. The maximum absolute atomic E-state index is 11.2. The van der Waals surface area contributed by atoms with Crippen LogP contribution in [0.5, 0.6) is 0 Å². The van der Waals surface area contributed by atoms with E-state index in [2.05, 4.69) is 11.3 Å². The van der Waals surface area contributed by atoms with Crippen LogP contribution >= 0.6 is 0 Å². The number of rotatable bonds is 3. The fraction of sp³-hybridized carbons (Fsp3) is 0.700. The van der Waals surface area contributed by atoms with Crippen molar-refractivity contribution in [3.8, 4) is 0 Å². The average Bonchev–Trinajstić information content (AvgIpc) is 2.81. The van der Waals surface area contributed by atoms with E-state index in [0.29, 0.717) is 0 Å². The third-order valence-electron chi connectivity index (χ3n) is 2.55. The topological polar surface area (TPSA) is 74.2 Å². The molecule has 2 heterocycles. The molecule has 90 valence electrons. The molecular weight excluding hydrogens is 216 g/mol. The fourth-order valence-corrected chi connectivity index (χ4v) is 1.83. The second-order valence-corrected chi connectivity index (χ2v) is 3.67. The summed E-state index contributed by atoms with van der Waals surface area (Å²) in [5.74, 6) is 0. The molecule has 0 aromatic rings. The van der Waals surface area contributed by atoms with Gasteiger partial charge in [-0.2, -0.15) is 0 Å². The van der Waals surface area contributed by atoms with E-state index in [4.69, 9.17) is 14.2 Å². The Balaban J connectivity index is 1.83. The van der Waals surface area contributed by atoms with Crippen LogP contribution in [0.3, 0.4) is 0 Å². The van der Waals surface area contributed by atoms with E-state index in [1.54, 1.807) is 0 Å². The van der Waals surface area contributed by atoms with Crippen molar-refractivity contribution in [2.45, 2.75) is 24.4 Å². The first-order valence-electron chi connectivity index (χ1n) is 5.08. The maximum atomic E-state index is 11.2. The molecule has 2 fully saturated rings. The number of ether oxygens (including phenoxy) is 4. The summed E-state index contributed by atoms with van der Waals surface area (Å²) in [5, 5.41) is 9.46. The van der Waals surface area contributed by atoms with Gasteiger partial charge in [-0.3, -0.25) is 0 Å². The summed E-state index contributed by atoms with van der Waals surface area (Å²) in [6.07, 6.45) is -1.30. The second kappa shape index (κ2) is 4.82. The first kappa shape index (κ1) is 11.4. The summed E-state index contributed by atoms with van der Waals surface area (Å²) in [5.41, 5.74) is 0. The van der Waals surface area contributed by atoms with Crippen LogP contribution < -0.4 is 0 Å². The first-order valence-corrected chi connectivity index (χ1v) is 5.08. The minimum absolute atomic E-state index is 0.101. The van der Waals surface area contributed by atoms with Gasteiger partial charge in [-0.1, -0.05) is 12.7 Å². The molecule has 2 aliphatic heterocycles. The lowest BCUT2D eigenvalue weighted by molar-refractivity contribution is -0.0297. The van der Waals surface area contributed by atoms with Gasteiger partial charge in [0.05, 0.1) is 13.2 Å². The highest BCUT2D eigenvalue weighted by molar-refractivity contribution is 5.60. The van der Waals surface area contributed by atoms with E-state index in [-0.39, 0.29) is 19.8 Å². The Kier molecular flexibility index (Phi) is 3.42. The standard InChI is InChI=1S/C10H14O6/c1-2-3-13-10(12)16-7-5-15-8-6(11)4-14-9(7)8/h2,6-9,11H,1,3-5H2/t6?,7?,8-,9-/m1/s1. The molecule has 0 saturated carbocycles. The zero-order chi connectivity index (χ0) is 11.5. The molecule has 6 nitrogen and oxygen atoms in total. The van der Waals surface area contributed by atoms with Crippen LogP contribution in [0.4, 0.5) is 4.79 Å². The van der Waals surface area contributed by atoms with Gasteiger partial charge in [-0.25, -0.2) is 4.79 Å². The molecule has 2 aliphatic rings. The van der Waals surface area contributed by atoms with Gasteiger partial charge in [-0.05, 0) is 0 Å². The highest BCUT2D eigenvalue weighted by Crippen LogP contribution is 2.28. The lowest BCUT2D eigenvalue weighted by atomic mass is 10.1. The number of fused-ring (bicyclic) bond motifs is 1. The van der Waals surface area contributed by atoms with E-state index < -0.39 is 30.6 Å². The smallest absolute Gasteiger partial charge is 0.430 e. The Morgan fingerprint density at radius 1 is 1.44 bits per heavy atom. The lowest BCUT2D eigenvalue weighted by Crippen LogP contribution is -2.34. The number of aliphatic hydroxyl groups is 1. The van der Waals surface area contributed by atoms with Gasteiger partial charge in [0.2, 0.25) is 0 Å². The molecule has 0 radical (unpaired) electrons. The number of hydrogen-bond donors (Lipinski definition) is 1. The molecule has 6 heteroatoms. The van der Waals surface area contributed by atoms with Crippen LogP contribution in [0.15, 0.2) is 12.7 Å². The fourth-order valence-electron chi connectivity index (χ4n) is 1.83. The largest absolute Gasteiger partial charge is 0.509 e. The Labute approximate surface area is 92.7 Å². The molecule has 2 unspecified atom stereocenters. The minimum atomic E-state index is -0.779. The maximum Gasteiger partial charge on any atom is 0.509 e. The Hall–Kier alpha value is -1.11. The molecule has 4 atom stereocenters. The third-order valence-corrected chi connectivity index (χ3v) is 2.55. The molecule has 16 heavy (non-hydrogen) atoms. The molecule has 1 N–H and O–H groups in total. The zero-order valence-electron chi connectivity index (χ0n) is 8.70. The van der Waals surface area contributed by atoms with Gasteiger partial charge in [0.25, 0.3) is 0 Å². The van der Waals surface area contributed by atoms with Gasteiger partial charge < -0.3 is 24.1 Å². The van der Waals surface area contributed by atoms with E-state index in [0.717, 1.165) is 0 Å². The van der Waals surface area contributed by atoms with Gasteiger partial charge in [0.1, 0.15) is 24.9 Å². The van der Waals surface area contributed by atoms with Crippen molar-refractivity contribution in [3.63, 3.8) is 0 Å². The van der Waals surface area contributed by atoms with Gasteiger partial charge in [0, 0.05) is 0 Å². The van der Waals surface area contributed by atoms with Crippen molar-refractivity contribution in [1.82, 2.24) is 0 Å². The van der Waals surface area contributed by atoms with E-state index in [1.165, 1.54) is 6.08 Å². The number of carbonyl (C=O) groups excluding carboxylic acids is 1. The van der Waals surface area contributed by atoms with Crippen molar-refractivity contribution in [1.29, 1.82) is 0 Å². The molecule has 0 aromatic carbocycles. The molecule has 0 amide bonds. The summed E-state index contributed by atoms with van der Waals surface area (Å²) >= 11 is 0. The van der Waals surface area contributed by atoms with Gasteiger partial charge in [0.15, 0.2) is 6.10 Å². The highest BCUT2D eigenvalue weighted by Gasteiger charge is 2.49. The van der Waals surface area contributed by atoms with Crippen LogP contribution in [-0.4, -0.2) is 55.5 Å². The zero-order valence-corrected chi connectivity index (χ0v) is 8.70. The molecule has 2 rings (SSSR count). The molecule has 2 saturated heterocycles. The third kappa shape index (κ3) is 2.18. The van der Waals surface area contributed by atoms with Crippen molar-refractivity contribution >= 4 is 6.16 Å². The minimum Gasteiger partial charge on any atom is -0.430 e. The predicted octanol–water partition coefficient (Wildman–Crippen LogP) is -0.147. The van der Waals surface area contributed by atoms with Crippen molar-refractivity contribution < 1.29 is 28.8 Å². The molecule has 0 spiro atoms. The normalized spacial score (nSPS) is 36.8. The van der Waals surface area contributed by atoms with Gasteiger partial charge >= 0.3 is 6.16 Å². The SMILES string of the molecule is C=CCOC(=O)OC1CO[C@@H]2C(O)CO[C@H]12. The number of hydrogen-bond acceptors (Lipinski definition) is 6. The molecule has 0 aliphatic carbocycles. The van der Waals surface area contributed by atoms with E-state index >= 15 is 0 Å². The Bertz CT molecular complexity index is 278. The van der Waals surface area contributed by atoms with Crippen molar-refractivity contribution in [2.75, 3.05) is 19.8 Å². The summed E-state index contributed by atoms with van der Waals surface area (Å²) in [6, 6.07) is 0. The second-order valence-electron chi connectivity index (χ2n) is 3.67. The Morgan fingerprint density at radius 3 is 2.94 bits per heavy atom. The van der Waals surface area contributed by atoms with Crippen LogP contribution in [0.1, 0.15) is 0 Å². The van der Waals surface area contributed by atoms with Crippen LogP contribution in [0, 0.1) is 0 Å². The number of carbonyl (C=O) groups is 1. The Morgan fingerprint density at radius 2 is 2.19 bits per heavy atom. The average molecular weight is 230 g/mol. The quantitative estimate of drug-likeness (QED) is 0.537. The summed E-state index contributed by atoms with van der Waals surface area (Å²) < 4.78 is 20.2. The van der Waals surface area contributed by atoms with E-state index in [1.807, 2.05) is 0 Å².